The summed E-state index contributed by atoms with van der Waals surface area (Å²) >= 11 is 0. The highest BCUT2D eigenvalue weighted by Gasteiger charge is 2.33. The molecule has 0 saturated heterocycles. The lowest BCUT2D eigenvalue weighted by molar-refractivity contribution is -0.122. The highest BCUT2D eigenvalue weighted by molar-refractivity contribution is 6.01. The second-order valence-corrected chi connectivity index (χ2v) is 5.48. The molecular weight excluding hydrogens is 260 g/mol. The summed E-state index contributed by atoms with van der Waals surface area (Å²) in [6.07, 6.45) is 0. The molecule has 0 aromatic heterocycles. The first kappa shape index (κ1) is 14.8. The van der Waals surface area contributed by atoms with Crippen molar-refractivity contribution >= 4 is 11.6 Å². The summed E-state index contributed by atoms with van der Waals surface area (Å²) < 4.78 is 0. The normalized spacial score (nSPS) is 10.8. The summed E-state index contributed by atoms with van der Waals surface area (Å²) in [6, 6.07) is 18.9. The van der Waals surface area contributed by atoms with Gasteiger partial charge in [-0.3, -0.25) is 4.79 Å². The van der Waals surface area contributed by atoms with Crippen molar-refractivity contribution < 1.29 is 4.79 Å². The van der Waals surface area contributed by atoms with E-state index < -0.39 is 5.41 Å². The van der Waals surface area contributed by atoms with E-state index in [2.05, 4.69) is 6.07 Å². The molecule has 2 aromatic rings. The van der Waals surface area contributed by atoms with Crippen molar-refractivity contribution in [2.75, 3.05) is 11.9 Å². The van der Waals surface area contributed by atoms with E-state index in [-0.39, 0.29) is 5.91 Å². The number of carbonyl (C=O) groups is 1. The topological polar surface area (TPSA) is 44.1 Å². The molecule has 0 saturated carbocycles. The molecule has 2 aromatic carbocycles. The van der Waals surface area contributed by atoms with Crippen LogP contribution in [-0.4, -0.2) is 13.0 Å². The van der Waals surface area contributed by atoms with E-state index in [0.29, 0.717) is 11.3 Å². The first-order valence-corrected chi connectivity index (χ1v) is 6.81. The third-order valence-electron chi connectivity index (χ3n) is 3.72. The Kier molecular flexibility index (Phi) is 4.09. The molecule has 0 bridgehead atoms. The zero-order chi connectivity index (χ0) is 15.5. The number of carbonyl (C=O) groups excluding carboxylic acids is 1. The highest BCUT2D eigenvalue weighted by Crippen LogP contribution is 2.28. The summed E-state index contributed by atoms with van der Waals surface area (Å²) in [5.41, 5.74) is 1.43. The number of hydrogen-bond acceptors (Lipinski definition) is 2. The Labute approximate surface area is 125 Å². The van der Waals surface area contributed by atoms with Gasteiger partial charge in [-0.1, -0.05) is 42.5 Å². The maximum atomic E-state index is 12.9. The Morgan fingerprint density at radius 2 is 1.62 bits per heavy atom. The lowest BCUT2D eigenvalue weighted by Crippen LogP contribution is -2.41. The Morgan fingerprint density at radius 1 is 1.05 bits per heavy atom. The molecule has 0 aliphatic carbocycles. The second kappa shape index (κ2) is 5.80. The molecule has 0 spiro atoms. The van der Waals surface area contributed by atoms with Gasteiger partial charge in [0.05, 0.1) is 16.7 Å². The van der Waals surface area contributed by atoms with Crippen LogP contribution in [0.3, 0.4) is 0 Å². The fourth-order valence-corrected chi connectivity index (χ4v) is 2.37. The van der Waals surface area contributed by atoms with Gasteiger partial charge >= 0.3 is 0 Å². The van der Waals surface area contributed by atoms with Crippen molar-refractivity contribution in [3.63, 3.8) is 0 Å². The Bertz CT molecular complexity index is 684. The molecule has 0 heterocycles. The lowest BCUT2D eigenvalue weighted by Gasteiger charge is -2.30. The summed E-state index contributed by atoms with van der Waals surface area (Å²) in [7, 11) is 1.71. The predicted molar refractivity (Wildman–Crippen MR) is 84.0 cm³/mol. The van der Waals surface area contributed by atoms with E-state index in [9.17, 15) is 10.1 Å². The van der Waals surface area contributed by atoms with Gasteiger partial charge in [0.15, 0.2) is 0 Å². The van der Waals surface area contributed by atoms with Gasteiger partial charge in [0.2, 0.25) is 5.91 Å². The van der Waals surface area contributed by atoms with Crippen molar-refractivity contribution in [3.05, 3.63) is 65.7 Å². The molecule has 3 heteroatoms. The SMILES string of the molecule is CN(C(=O)C(C)(C)c1ccccc1)c1ccccc1C#N. The molecule has 2 rings (SSSR count). The van der Waals surface area contributed by atoms with Crippen LogP contribution in [0.1, 0.15) is 25.0 Å². The van der Waals surface area contributed by atoms with Crippen LogP contribution in [0.2, 0.25) is 0 Å². The predicted octanol–water partition coefficient (Wildman–Crippen LogP) is 3.50. The monoisotopic (exact) mass is 278 g/mol. The Balaban J connectivity index is 2.38. The number of benzene rings is 2. The van der Waals surface area contributed by atoms with Gasteiger partial charge in [-0.2, -0.15) is 5.26 Å². The molecule has 21 heavy (non-hydrogen) atoms. The quantitative estimate of drug-likeness (QED) is 0.862. The first-order chi connectivity index (χ1) is 9.98. The smallest absolute Gasteiger partial charge is 0.236 e. The first-order valence-electron chi connectivity index (χ1n) is 6.81. The number of rotatable bonds is 3. The van der Waals surface area contributed by atoms with Crippen molar-refractivity contribution in [1.82, 2.24) is 0 Å². The van der Waals surface area contributed by atoms with Crippen LogP contribution >= 0.6 is 0 Å². The van der Waals surface area contributed by atoms with Crippen LogP contribution in [-0.2, 0) is 10.2 Å². The number of amides is 1. The van der Waals surface area contributed by atoms with Gasteiger partial charge in [0.25, 0.3) is 0 Å². The van der Waals surface area contributed by atoms with E-state index in [1.807, 2.05) is 50.2 Å². The van der Waals surface area contributed by atoms with Crippen LogP contribution in [0.5, 0.6) is 0 Å². The minimum absolute atomic E-state index is 0.0450. The fourth-order valence-electron chi connectivity index (χ4n) is 2.37. The van der Waals surface area contributed by atoms with Gasteiger partial charge in [0, 0.05) is 7.05 Å². The van der Waals surface area contributed by atoms with Gasteiger partial charge in [-0.25, -0.2) is 0 Å². The number of anilines is 1. The summed E-state index contributed by atoms with van der Waals surface area (Å²) in [6.45, 7) is 3.80. The van der Waals surface area contributed by atoms with E-state index >= 15 is 0 Å². The van der Waals surface area contributed by atoms with Gasteiger partial charge in [-0.15, -0.1) is 0 Å². The number of nitrogens with zero attached hydrogens (tertiary/aromatic N) is 2. The van der Waals surface area contributed by atoms with Crippen LogP contribution < -0.4 is 4.90 Å². The lowest BCUT2D eigenvalue weighted by atomic mass is 9.83. The molecule has 0 aliphatic heterocycles. The van der Waals surface area contributed by atoms with Crippen molar-refractivity contribution in [3.8, 4) is 6.07 Å². The van der Waals surface area contributed by atoms with Crippen molar-refractivity contribution in [1.29, 1.82) is 5.26 Å². The summed E-state index contributed by atoms with van der Waals surface area (Å²) in [5, 5.41) is 9.18. The van der Waals surface area contributed by atoms with E-state index in [4.69, 9.17) is 0 Å². The molecule has 106 valence electrons. The third-order valence-corrected chi connectivity index (χ3v) is 3.72. The van der Waals surface area contributed by atoms with Crippen LogP contribution in [0.25, 0.3) is 0 Å². The van der Waals surface area contributed by atoms with Gasteiger partial charge in [-0.05, 0) is 31.5 Å². The second-order valence-electron chi connectivity index (χ2n) is 5.48. The molecule has 3 nitrogen and oxygen atoms in total. The van der Waals surface area contributed by atoms with E-state index in [1.54, 1.807) is 30.1 Å². The summed E-state index contributed by atoms with van der Waals surface area (Å²) in [5.74, 6) is -0.0450. The van der Waals surface area contributed by atoms with E-state index in [1.165, 1.54) is 0 Å². The largest absolute Gasteiger partial charge is 0.313 e. The Morgan fingerprint density at radius 3 is 2.24 bits per heavy atom. The van der Waals surface area contributed by atoms with Crippen molar-refractivity contribution in [2.45, 2.75) is 19.3 Å². The summed E-state index contributed by atoms with van der Waals surface area (Å²) in [4.78, 5) is 14.4. The zero-order valence-electron chi connectivity index (χ0n) is 12.5. The number of nitriles is 1. The number of para-hydroxylation sites is 1. The average Bonchev–Trinajstić information content (AvgIpc) is 2.54. The van der Waals surface area contributed by atoms with Gasteiger partial charge in [0.1, 0.15) is 6.07 Å². The minimum Gasteiger partial charge on any atom is -0.313 e. The highest BCUT2D eigenvalue weighted by atomic mass is 16.2. The molecule has 0 atom stereocenters. The molecule has 0 unspecified atom stereocenters. The maximum absolute atomic E-state index is 12.9. The fraction of sp³-hybridized carbons (Fsp3) is 0.222. The zero-order valence-corrected chi connectivity index (χ0v) is 12.5. The standard InChI is InChI=1S/C18H18N2O/c1-18(2,15-10-5-4-6-11-15)17(21)20(3)16-12-8-7-9-14(16)13-19/h4-12H,1-3H3. The van der Waals surface area contributed by atoms with E-state index in [0.717, 1.165) is 5.56 Å². The number of likely N-dealkylation sites (N-methyl/N-ethyl adjacent to an activating group) is 1. The molecule has 0 fully saturated rings. The third kappa shape index (κ3) is 2.80. The molecule has 0 radical (unpaired) electrons. The molecule has 0 aliphatic rings. The van der Waals surface area contributed by atoms with Crippen LogP contribution in [0.4, 0.5) is 5.69 Å². The molecular formula is C18H18N2O. The van der Waals surface area contributed by atoms with Crippen molar-refractivity contribution in [2.24, 2.45) is 0 Å². The van der Waals surface area contributed by atoms with Crippen LogP contribution in [0.15, 0.2) is 54.6 Å². The maximum Gasteiger partial charge on any atom is 0.236 e. The minimum atomic E-state index is -0.654. The number of hydrogen-bond donors (Lipinski definition) is 0. The van der Waals surface area contributed by atoms with Crippen LogP contribution in [0, 0.1) is 11.3 Å². The molecule has 1 amide bonds. The average molecular weight is 278 g/mol. The van der Waals surface area contributed by atoms with Gasteiger partial charge < -0.3 is 4.90 Å². The molecule has 0 N–H and O–H groups in total. The Hall–Kier alpha value is -2.60.